The summed E-state index contributed by atoms with van der Waals surface area (Å²) in [7, 11) is 0. The van der Waals surface area contributed by atoms with E-state index in [0.29, 0.717) is 19.5 Å². The molecule has 0 aliphatic carbocycles. The van der Waals surface area contributed by atoms with E-state index < -0.39 is 10.9 Å². The molecule has 0 bridgehead atoms. The fraction of sp³-hybridized carbons (Fsp3) is 0.333. The van der Waals surface area contributed by atoms with E-state index in [1.165, 1.54) is 17.2 Å². The summed E-state index contributed by atoms with van der Waals surface area (Å²) >= 11 is 0. The lowest BCUT2D eigenvalue weighted by molar-refractivity contribution is -0.485. The topological polar surface area (TPSA) is 101 Å². The van der Waals surface area contributed by atoms with Crippen LogP contribution < -0.4 is 5.32 Å². The number of nitro groups is 1. The number of nitrogens with zero attached hydrogens (tertiary/aromatic N) is 3. The summed E-state index contributed by atoms with van der Waals surface area (Å²) in [6, 6.07) is 3.08. The van der Waals surface area contributed by atoms with Gasteiger partial charge in [0.25, 0.3) is 11.9 Å². The molecule has 0 spiro atoms. The van der Waals surface area contributed by atoms with Crippen molar-refractivity contribution in [2.75, 3.05) is 13.1 Å². The second-order valence-corrected chi connectivity index (χ2v) is 3.38. The summed E-state index contributed by atoms with van der Waals surface area (Å²) in [5.74, 6) is -0.366. The summed E-state index contributed by atoms with van der Waals surface area (Å²) in [6.45, 7) is 0.924. The molecule has 0 unspecified atom stereocenters. The van der Waals surface area contributed by atoms with Crippen molar-refractivity contribution in [2.45, 2.75) is 6.42 Å². The van der Waals surface area contributed by atoms with Gasteiger partial charge < -0.3 is 9.73 Å². The Hall–Kier alpha value is -2.38. The molecule has 8 heteroatoms. The smallest absolute Gasteiger partial charge is 0.296 e. The molecule has 1 aromatic heterocycles. The van der Waals surface area contributed by atoms with E-state index in [9.17, 15) is 14.9 Å². The van der Waals surface area contributed by atoms with Crippen LogP contribution in [0.15, 0.2) is 27.9 Å². The van der Waals surface area contributed by atoms with Gasteiger partial charge in [0, 0.05) is 13.1 Å². The minimum Gasteiger partial charge on any atom is -0.459 e. The number of hydrogen-bond donors (Lipinski definition) is 1. The van der Waals surface area contributed by atoms with Crippen LogP contribution in [0, 0.1) is 10.1 Å². The maximum absolute atomic E-state index is 11.9. The van der Waals surface area contributed by atoms with Crippen LogP contribution in [-0.4, -0.2) is 34.9 Å². The molecule has 0 radical (unpaired) electrons. The second-order valence-electron chi connectivity index (χ2n) is 3.38. The summed E-state index contributed by atoms with van der Waals surface area (Å²) < 4.78 is 4.96. The molecule has 8 nitrogen and oxygen atoms in total. The Balaban J connectivity index is 2.22. The number of nitrogens with one attached hydrogen (secondary N) is 1. The zero-order valence-corrected chi connectivity index (χ0v) is 8.83. The van der Waals surface area contributed by atoms with Crippen molar-refractivity contribution in [3.05, 3.63) is 34.3 Å². The molecule has 1 aliphatic heterocycles. The van der Waals surface area contributed by atoms with Gasteiger partial charge in [0.15, 0.2) is 10.8 Å². The van der Waals surface area contributed by atoms with Gasteiger partial charge in [-0.1, -0.05) is 0 Å². The van der Waals surface area contributed by atoms with Crippen LogP contribution in [0.25, 0.3) is 0 Å². The molecule has 0 saturated carbocycles. The number of hydrazone groups is 1. The highest BCUT2D eigenvalue weighted by Gasteiger charge is 2.27. The molecule has 1 aromatic rings. The van der Waals surface area contributed by atoms with Crippen molar-refractivity contribution in [2.24, 2.45) is 5.10 Å². The zero-order valence-electron chi connectivity index (χ0n) is 8.83. The summed E-state index contributed by atoms with van der Waals surface area (Å²) in [6.07, 6.45) is 2.07. The Kier molecular flexibility index (Phi) is 3.03. The molecule has 1 fully saturated rings. The first-order chi connectivity index (χ1) is 8.18. The van der Waals surface area contributed by atoms with Gasteiger partial charge in [0.05, 0.1) is 6.26 Å². The van der Waals surface area contributed by atoms with Crippen LogP contribution >= 0.6 is 0 Å². The number of hydrogen-bond acceptors (Lipinski definition) is 4. The van der Waals surface area contributed by atoms with Crippen LogP contribution in [0.4, 0.5) is 0 Å². The van der Waals surface area contributed by atoms with Gasteiger partial charge in [-0.2, -0.15) is 0 Å². The van der Waals surface area contributed by atoms with Gasteiger partial charge in [-0.15, -0.1) is 0 Å². The monoisotopic (exact) mass is 238 g/mol. The molecule has 1 N–H and O–H groups in total. The van der Waals surface area contributed by atoms with Crippen LogP contribution in [-0.2, 0) is 0 Å². The highest BCUT2D eigenvalue weighted by molar-refractivity contribution is 6.04. The predicted octanol–water partition coefficient (Wildman–Crippen LogP) is 0.263. The SMILES string of the molecule is O=C(c1ccco1)N1CCCNC1=N[N+](=O)[O-]. The van der Waals surface area contributed by atoms with E-state index >= 15 is 0 Å². The first-order valence-corrected chi connectivity index (χ1v) is 5.01. The Bertz CT molecular complexity index is 454. The maximum Gasteiger partial charge on any atom is 0.296 e. The third-order valence-corrected chi connectivity index (χ3v) is 2.25. The minimum atomic E-state index is -0.837. The number of amides is 1. The third-order valence-electron chi connectivity index (χ3n) is 2.25. The Morgan fingerprint density at radius 2 is 2.47 bits per heavy atom. The fourth-order valence-electron chi connectivity index (χ4n) is 1.54. The number of carbonyl (C=O) groups is 1. The lowest BCUT2D eigenvalue weighted by Crippen LogP contribution is -2.50. The summed E-state index contributed by atoms with van der Waals surface area (Å²) in [4.78, 5) is 23.5. The molecule has 1 aliphatic rings. The van der Waals surface area contributed by atoms with Gasteiger partial charge in [0.2, 0.25) is 0 Å². The standard InChI is InChI=1S/C9H10N4O4/c14-8(7-3-1-6-17-7)12-5-2-4-10-9(12)11-13(15)16/h1,3,6H,2,4-5H2,(H,10,11). The molecule has 2 heterocycles. The zero-order chi connectivity index (χ0) is 12.3. The van der Waals surface area contributed by atoms with Crippen LogP contribution in [0.1, 0.15) is 17.0 Å². The minimum absolute atomic E-state index is 0.0531. The van der Waals surface area contributed by atoms with Crippen molar-refractivity contribution < 1.29 is 14.2 Å². The highest BCUT2D eigenvalue weighted by Crippen LogP contribution is 2.09. The Morgan fingerprint density at radius 1 is 1.65 bits per heavy atom. The van der Waals surface area contributed by atoms with Gasteiger partial charge in [0.1, 0.15) is 5.10 Å². The normalized spacial score (nSPS) is 17.9. The van der Waals surface area contributed by atoms with Gasteiger partial charge in [-0.3, -0.25) is 9.69 Å². The number of guanidine groups is 1. The Morgan fingerprint density at radius 3 is 3.12 bits per heavy atom. The molecule has 0 atom stereocenters. The second kappa shape index (κ2) is 4.64. The van der Waals surface area contributed by atoms with Gasteiger partial charge in [-0.05, 0) is 18.6 Å². The van der Waals surface area contributed by atoms with E-state index in [4.69, 9.17) is 4.42 Å². The van der Waals surface area contributed by atoms with E-state index in [2.05, 4.69) is 10.4 Å². The molecular formula is C9H10N4O4. The van der Waals surface area contributed by atoms with Crippen molar-refractivity contribution in [1.82, 2.24) is 10.2 Å². The van der Waals surface area contributed by atoms with Crippen molar-refractivity contribution in [3.63, 3.8) is 0 Å². The van der Waals surface area contributed by atoms with Crippen molar-refractivity contribution in [1.29, 1.82) is 0 Å². The summed E-state index contributed by atoms with van der Waals surface area (Å²) in [5, 5.41) is 15.4. The largest absolute Gasteiger partial charge is 0.459 e. The average Bonchev–Trinajstić information content (AvgIpc) is 2.81. The highest BCUT2D eigenvalue weighted by atomic mass is 16.7. The Labute approximate surface area is 96.0 Å². The number of carbonyl (C=O) groups excluding carboxylic acids is 1. The van der Waals surface area contributed by atoms with Crippen LogP contribution in [0.5, 0.6) is 0 Å². The average molecular weight is 238 g/mol. The first kappa shape index (κ1) is 11.1. The predicted molar refractivity (Wildman–Crippen MR) is 56.8 cm³/mol. The van der Waals surface area contributed by atoms with Gasteiger partial charge >= 0.3 is 0 Å². The molecule has 0 aromatic carbocycles. The molecule has 90 valence electrons. The maximum atomic E-state index is 11.9. The van der Waals surface area contributed by atoms with E-state index in [0.717, 1.165) is 0 Å². The first-order valence-electron chi connectivity index (χ1n) is 5.01. The van der Waals surface area contributed by atoms with E-state index in [1.807, 2.05) is 0 Å². The van der Waals surface area contributed by atoms with Crippen LogP contribution in [0.2, 0.25) is 0 Å². The van der Waals surface area contributed by atoms with E-state index in [-0.39, 0.29) is 11.7 Å². The lowest BCUT2D eigenvalue weighted by atomic mass is 10.3. The third kappa shape index (κ3) is 2.41. The summed E-state index contributed by atoms with van der Waals surface area (Å²) in [5.41, 5.74) is 0. The molecule has 2 rings (SSSR count). The van der Waals surface area contributed by atoms with Crippen molar-refractivity contribution in [3.8, 4) is 0 Å². The van der Waals surface area contributed by atoms with Crippen molar-refractivity contribution >= 4 is 11.9 Å². The lowest BCUT2D eigenvalue weighted by Gasteiger charge is -2.26. The molecular weight excluding hydrogens is 228 g/mol. The molecule has 17 heavy (non-hydrogen) atoms. The fourth-order valence-corrected chi connectivity index (χ4v) is 1.54. The van der Waals surface area contributed by atoms with E-state index in [1.54, 1.807) is 6.07 Å². The molecule has 1 saturated heterocycles. The van der Waals surface area contributed by atoms with Crippen LogP contribution in [0.3, 0.4) is 0 Å². The van der Waals surface area contributed by atoms with Gasteiger partial charge in [-0.25, -0.2) is 10.1 Å². The quantitative estimate of drug-likeness (QED) is 0.588. The number of furan rings is 1. The number of rotatable bonds is 2. The molecule has 1 amide bonds.